The fraction of sp³-hybridized carbons (Fsp3) is 0.500. The molecule has 0 fully saturated rings. The first kappa shape index (κ1) is 10.9. The van der Waals surface area contributed by atoms with Crippen LogP contribution in [0.1, 0.15) is 26.2 Å². The van der Waals surface area contributed by atoms with Crippen LogP contribution in [0.2, 0.25) is 0 Å². The zero-order chi connectivity index (χ0) is 9.73. The summed E-state index contributed by atoms with van der Waals surface area (Å²) in [5, 5.41) is 0. The molecule has 0 amide bonds. The van der Waals surface area contributed by atoms with E-state index in [0.29, 0.717) is 0 Å². The van der Waals surface area contributed by atoms with Gasteiger partial charge in [-0.05, 0) is 6.42 Å². The molecule has 0 spiro atoms. The second kappa shape index (κ2) is 4.91. The molecule has 0 unspecified atom stereocenters. The molecule has 1 aromatic heterocycles. The van der Waals surface area contributed by atoms with Gasteiger partial charge < -0.3 is 0 Å². The summed E-state index contributed by atoms with van der Waals surface area (Å²) in [4.78, 5) is 0. The average molecular weight is 214 g/mol. The van der Waals surface area contributed by atoms with Crippen molar-refractivity contribution in [2.24, 2.45) is 0 Å². The number of unbranched alkanes of at least 4 members (excludes halogenated alkanes) is 1. The van der Waals surface area contributed by atoms with E-state index >= 15 is 0 Å². The topological polar surface area (TPSA) is 3.88 Å². The van der Waals surface area contributed by atoms with Gasteiger partial charge in [0.1, 0.15) is 0 Å². The van der Waals surface area contributed by atoms with E-state index in [-0.39, 0.29) is 4.20 Å². The zero-order valence-electron chi connectivity index (χ0n) is 7.85. The van der Waals surface area contributed by atoms with E-state index in [2.05, 4.69) is 32.2 Å². The fourth-order valence-electron chi connectivity index (χ4n) is 1.18. The first-order valence-corrected chi connectivity index (χ1v) is 5.48. The van der Waals surface area contributed by atoms with Crippen LogP contribution in [-0.4, -0.2) is 0 Å². The minimum absolute atomic E-state index is 0.350. The molecule has 0 aromatic carbocycles. The second-order valence-electron chi connectivity index (χ2n) is 3.16. The number of pyridine rings is 1. The minimum atomic E-state index is -0.350. The van der Waals surface area contributed by atoms with Crippen molar-refractivity contribution in [3.05, 3.63) is 30.6 Å². The highest BCUT2D eigenvalue weighted by atomic mass is 32.2. The predicted molar refractivity (Wildman–Crippen MR) is 62.1 cm³/mol. The summed E-state index contributed by atoms with van der Waals surface area (Å²) in [6.07, 6.45) is 7.29. The molecule has 0 aliphatic heterocycles. The Balaban J connectivity index is 2.69. The summed E-state index contributed by atoms with van der Waals surface area (Å²) >= 11 is 9.07. The molecule has 0 N–H and O–H groups in total. The molecule has 0 aliphatic rings. The Morgan fingerprint density at radius 3 is 2.31 bits per heavy atom. The van der Waals surface area contributed by atoms with E-state index in [9.17, 15) is 0 Å². The van der Waals surface area contributed by atoms with Crippen molar-refractivity contribution in [2.75, 3.05) is 0 Å². The summed E-state index contributed by atoms with van der Waals surface area (Å²) in [6.45, 7) is 2.17. The first-order chi connectivity index (χ1) is 6.17. The first-order valence-electron chi connectivity index (χ1n) is 4.58. The van der Waals surface area contributed by atoms with Gasteiger partial charge >= 0.3 is 0 Å². The molecule has 3 heteroatoms. The van der Waals surface area contributed by atoms with Crippen molar-refractivity contribution < 1.29 is 4.57 Å². The van der Waals surface area contributed by atoms with Crippen LogP contribution in [0.15, 0.2) is 30.6 Å². The van der Waals surface area contributed by atoms with Gasteiger partial charge in [0.15, 0.2) is 12.4 Å². The third kappa shape index (κ3) is 3.24. The molecule has 0 atom stereocenters. The normalized spacial score (nSPS) is 11.6. The molecule has 0 saturated heterocycles. The van der Waals surface area contributed by atoms with E-state index in [0.717, 1.165) is 12.8 Å². The Kier molecular flexibility index (Phi) is 4.13. The standard InChI is InChI=1S/C10H15NS2/c1-2-3-7-10(12,13)11-8-5-4-6-9-11/h4-6,8-9H,2-3,7H2,1H3,(H-,12,13)/p+1. The van der Waals surface area contributed by atoms with Crippen LogP contribution in [0.25, 0.3) is 0 Å². The lowest BCUT2D eigenvalue weighted by Gasteiger charge is -2.16. The highest BCUT2D eigenvalue weighted by Crippen LogP contribution is 2.25. The molecule has 1 heterocycles. The van der Waals surface area contributed by atoms with Gasteiger partial charge in [-0.3, -0.25) is 0 Å². The van der Waals surface area contributed by atoms with E-state index in [1.807, 2.05) is 35.2 Å². The molecular formula is C10H16NS2+. The maximum atomic E-state index is 4.54. The van der Waals surface area contributed by atoms with Crippen molar-refractivity contribution in [2.45, 2.75) is 30.4 Å². The largest absolute Gasteiger partial charge is 0.254 e. The SMILES string of the molecule is CCCCC(S)(S)[n+]1ccccc1. The summed E-state index contributed by atoms with van der Waals surface area (Å²) in [7, 11) is 0. The van der Waals surface area contributed by atoms with Crippen molar-refractivity contribution in [3.63, 3.8) is 0 Å². The quantitative estimate of drug-likeness (QED) is 0.431. The Hall–Kier alpha value is -0.150. The lowest BCUT2D eigenvalue weighted by molar-refractivity contribution is -0.713. The van der Waals surface area contributed by atoms with E-state index in [4.69, 9.17) is 0 Å². The van der Waals surface area contributed by atoms with Crippen molar-refractivity contribution in [1.82, 2.24) is 0 Å². The fourth-order valence-corrected chi connectivity index (χ4v) is 1.76. The molecule has 0 saturated carbocycles. The second-order valence-corrected chi connectivity index (χ2v) is 4.99. The van der Waals surface area contributed by atoms with Crippen molar-refractivity contribution >= 4 is 25.3 Å². The summed E-state index contributed by atoms with van der Waals surface area (Å²) in [5.41, 5.74) is 0. The van der Waals surface area contributed by atoms with Crippen LogP contribution >= 0.6 is 25.3 Å². The van der Waals surface area contributed by atoms with Crippen LogP contribution in [0, 0.1) is 0 Å². The molecule has 1 nitrogen and oxygen atoms in total. The molecule has 1 aromatic rings. The Morgan fingerprint density at radius 2 is 1.77 bits per heavy atom. The Bertz CT molecular complexity index is 246. The van der Waals surface area contributed by atoms with Gasteiger partial charge in [0.2, 0.25) is 0 Å². The monoisotopic (exact) mass is 214 g/mol. The molecule has 13 heavy (non-hydrogen) atoms. The van der Waals surface area contributed by atoms with E-state index in [1.165, 1.54) is 6.42 Å². The van der Waals surface area contributed by atoms with Crippen LogP contribution in [0.4, 0.5) is 0 Å². The molecular weight excluding hydrogens is 198 g/mol. The number of rotatable bonds is 4. The molecule has 1 rings (SSSR count). The average Bonchev–Trinajstić information content (AvgIpc) is 2.16. The third-order valence-electron chi connectivity index (χ3n) is 1.99. The number of hydrogen-bond acceptors (Lipinski definition) is 2. The zero-order valence-corrected chi connectivity index (χ0v) is 9.64. The van der Waals surface area contributed by atoms with Crippen LogP contribution < -0.4 is 4.57 Å². The number of nitrogens with zero attached hydrogens (tertiary/aromatic N) is 1. The van der Waals surface area contributed by atoms with Gasteiger partial charge in [-0.2, -0.15) is 4.57 Å². The van der Waals surface area contributed by atoms with E-state index in [1.54, 1.807) is 0 Å². The molecule has 72 valence electrons. The van der Waals surface area contributed by atoms with Gasteiger partial charge in [0, 0.05) is 18.6 Å². The van der Waals surface area contributed by atoms with Crippen molar-refractivity contribution in [1.29, 1.82) is 0 Å². The van der Waals surface area contributed by atoms with Crippen LogP contribution in [0.3, 0.4) is 0 Å². The number of thiol groups is 2. The Labute approximate surface area is 91.0 Å². The van der Waals surface area contributed by atoms with Crippen LogP contribution in [0.5, 0.6) is 0 Å². The maximum absolute atomic E-state index is 4.54. The van der Waals surface area contributed by atoms with E-state index < -0.39 is 0 Å². The minimum Gasteiger partial charge on any atom is -0.181 e. The lowest BCUT2D eigenvalue weighted by Crippen LogP contribution is -2.48. The molecule has 0 bridgehead atoms. The van der Waals surface area contributed by atoms with Crippen LogP contribution in [-0.2, 0) is 4.20 Å². The van der Waals surface area contributed by atoms with Gasteiger partial charge in [-0.1, -0.05) is 44.7 Å². The third-order valence-corrected chi connectivity index (χ3v) is 2.90. The van der Waals surface area contributed by atoms with Gasteiger partial charge in [0.25, 0.3) is 4.20 Å². The van der Waals surface area contributed by atoms with Gasteiger partial charge in [-0.15, -0.1) is 0 Å². The highest BCUT2D eigenvalue weighted by molar-refractivity contribution is 7.99. The number of hydrogen-bond donors (Lipinski definition) is 2. The Morgan fingerprint density at radius 1 is 1.15 bits per heavy atom. The molecule has 0 radical (unpaired) electrons. The maximum Gasteiger partial charge on any atom is 0.254 e. The van der Waals surface area contributed by atoms with Gasteiger partial charge in [0.05, 0.1) is 0 Å². The van der Waals surface area contributed by atoms with Crippen molar-refractivity contribution in [3.8, 4) is 0 Å². The molecule has 0 aliphatic carbocycles. The summed E-state index contributed by atoms with van der Waals surface area (Å²) in [6, 6.07) is 5.98. The summed E-state index contributed by atoms with van der Waals surface area (Å²) < 4.78 is 1.67. The highest BCUT2D eigenvalue weighted by Gasteiger charge is 2.29. The predicted octanol–water partition coefficient (Wildman–Crippen LogP) is 2.63. The number of aromatic nitrogens is 1. The van der Waals surface area contributed by atoms with Gasteiger partial charge in [-0.25, -0.2) is 0 Å². The lowest BCUT2D eigenvalue weighted by atomic mass is 10.2. The smallest absolute Gasteiger partial charge is 0.181 e. The summed E-state index contributed by atoms with van der Waals surface area (Å²) in [5.74, 6) is 0.